The molecule has 2 aromatic rings. The first-order valence-electron chi connectivity index (χ1n) is 8.83. The molecule has 0 N–H and O–H groups in total. The zero-order valence-electron chi connectivity index (χ0n) is 14.3. The van der Waals surface area contributed by atoms with Gasteiger partial charge in [-0.1, -0.05) is 60.2 Å². The largest absolute Gasteiger partial charge is 0.206 e. The van der Waals surface area contributed by atoms with E-state index in [4.69, 9.17) is 0 Å². The van der Waals surface area contributed by atoms with Crippen molar-refractivity contribution in [3.63, 3.8) is 0 Å². The van der Waals surface area contributed by atoms with Crippen LogP contribution in [0.2, 0.25) is 0 Å². The molecule has 1 aliphatic carbocycles. The molecule has 2 unspecified atom stereocenters. The summed E-state index contributed by atoms with van der Waals surface area (Å²) in [5.74, 6) is 0.862. The second-order valence-corrected chi connectivity index (χ2v) is 6.80. The van der Waals surface area contributed by atoms with E-state index in [-0.39, 0.29) is 5.82 Å². The average Bonchev–Trinajstić information content (AvgIpc) is 2.61. The van der Waals surface area contributed by atoms with Crippen LogP contribution in [-0.4, -0.2) is 0 Å². The van der Waals surface area contributed by atoms with Crippen LogP contribution in [-0.2, 0) is 0 Å². The van der Waals surface area contributed by atoms with Crippen molar-refractivity contribution < 1.29 is 4.39 Å². The van der Waals surface area contributed by atoms with Crippen LogP contribution in [0.3, 0.4) is 0 Å². The summed E-state index contributed by atoms with van der Waals surface area (Å²) in [6, 6.07) is 13.7. The van der Waals surface area contributed by atoms with E-state index in [0.29, 0.717) is 17.4 Å². The Morgan fingerprint density at radius 3 is 2.50 bits per heavy atom. The van der Waals surface area contributed by atoms with E-state index in [1.165, 1.54) is 18.4 Å². The second-order valence-electron chi connectivity index (χ2n) is 6.80. The predicted octanol–water partition coefficient (Wildman–Crippen LogP) is 6.82. The summed E-state index contributed by atoms with van der Waals surface area (Å²) < 4.78 is 14.6. The molecule has 1 heteroatoms. The zero-order valence-corrected chi connectivity index (χ0v) is 14.3. The van der Waals surface area contributed by atoms with Crippen molar-refractivity contribution in [3.05, 3.63) is 84.2 Å². The minimum absolute atomic E-state index is 0.126. The molecule has 0 aromatic heterocycles. The van der Waals surface area contributed by atoms with Crippen LogP contribution in [0.25, 0.3) is 11.1 Å². The number of allylic oxidation sites excluding steroid dienone is 3. The first kappa shape index (κ1) is 16.7. The normalized spacial score (nSPS) is 20.1. The lowest BCUT2D eigenvalue weighted by Gasteiger charge is -2.23. The summed E-state index contributed by atoms with van der Waals surface area (Å²) in [5, 5.41) is 0. The molecule has 2 atom stereocenters. The molecule has 1 aliphatic rings. The summed E-state index contributed by atoms with van der Waals surface area (Å²) in [5.41, 5.74) is 3.90. The topological polar surface area (TPSA) is 0 Å². The summed E-state index contributed by atoms with van der Waals surface area (Å²) in [6.45, 7) is 5.83. The first-order valence-corrected chi connectivity index (χ1v) is 8.83. The number of benzene rings is 2. The van der Waals surface area contributed by atoms with E-state index in [0.717, 1.165) is 24.0 Å². The van der Waals surface area contributed by atoms with Crippen molar-refractivity contribution in [3.8, 4) is 11.1 Å². The van der Waals surface area contributed by atoms with Gasteiger partial charge in [0.2, 0.25) is 0 Å². The summed E-state index contributed by atoms with van der Waals surface area (Å²) in [7, 11) is 0. The highest BCUT2D eigenvalue weighted by Gasteiger charge is 2.18. The fourth-order valence-corrected chi connectivity index (χ4v) is 3.46. The van der Waals surface area contributed by atoms with E-state index in [2.05, 4.69) is 24.8 Å². The number of aryl methyl sites for hydroxylation is 1. The van der Waals surface area contributed by atoms with Gasteiger partial charge < -0.3 is 0 Å². The highest BCUT2D eigenvalue weighted by molar-refractivity contribution is 5.65. The maximum atomic E-state index is 14.6. The number of rotatable bonds is 5. The van der Waals surface area contributed by atoms with Crippen molar-refractivity contribution in [1.82, 2.24) is 0 Å². The fourth-order valence-electron chi connectivity index (χ4n) is 3.46. The van der Waals surface area contributed by atoms with E-state index >= 15 is 0 Å². The molecule has 0 aliphatic heterocycles. The molecular formula is C23H25F. The molecule has 0 heterocycles. The third kappa shape index (κ3) is 3.84. The molecule has 0 saturated heterocycles. The molecule has 0 fully saturated rings. The van der Waals surface area contributed by atoms with Gasteiger partial charge in [-0.05, 0) is 55.7 Å². The standard InChI is InChI=1S/C23H25F/c1-3-4-5-18-8-12-19(13-9-18)21-14-15-22(23(24)16-21)20-10-6-17(2)7-11-20/h3,6-8,10-12,14-16,18-19H,1,4-5,9,13H2,2H3. The summed E-state index contributed by atoms with van der Waals surface area (Å²) >= 11 is 0. The molecule has 0 radical (unpaired) electrons. The minimum atomic E-state index is -0.126. The van der Waals surface area contributed by atoms with Crippen molar-refractivity contribution in [2.45, 2.75) is 38.5 Å². The van der Waals surface area contributed by atoms with Crippen LogP contribution in [0.4, 0.5) is 4.39 Å². The molecule has 2 aromatic carbocycles. The highest BCUT2D eigenvalue weighted by atomic mass is 19.1. The summed E-state index contributed by atoms with van der Waals surface area (Å²) in [6.07, 6.45) is 11.1. The number of halogens is 1. The van der Waals surface area contributed by atoms with Gasteiger partial charge in [-0.3, -0.25) is 0 Å². The van der Waals surface area contributed by atoms with Gasteiger partial charge >= 0.3 is 0 Å². The molecule has 0 nitrogen and oxygen atoms in total. The Morgan fingerprint density at radius 2 is 1.88 bits per heavy atom. The average molecular weight is 320 g/mol. The Hall–Kier alpha value is -2.15. The Bertz CT molecular complexity index is 724. The minimum Gasteiger partial charge on any atom is -0.206 e. The molecule has 0 spiro atoms. The van der Waals surface area contributed by atoms with E-state index in [1.54, 1.807) is 6.07 Å². The van der Waals surface area contributed by atoms with E-state index in [1.807, 2.05) is 43.3 Å². The van der Waals surface area contributed by atoms with Gasteiger partial charge in [0, 0.05) is 11.5 Å². The quantitative estimate of drug-likeness (QED) is 0.530. The van der Waals surface area contributed by atoms with Crippen molar-refractivity contribution >= 4 is 0 Å². The lowest BCUT2D eigenvalue weighted by Crippen LogP contribution is -2.08. The number of hydrogen-bond acceptors (Lipinski definition) is 0. The third-order valence-electron chi connectivity index (χ3n) is 4.99. The molecule has 3 rings (SSSR count). The van der Waals surface area contributed by atoms with Crippen LogP contribution in [0.1, 0.15) is 42.7 Å². The van der Waals surface area contributed by atoms with Gasteiger partial charge in [0.25, 0.3) is 0 Å². The molecule has 0 saturated carbocycles. The molecular weight excluding hydrogens is 295 g/mol. The zero-order chi connectivity index (χ0) is 16.9. The van der Waals surface area contributed by atoms with Crippen molar-refractivity contribution in [2.24, 2.45) is 5.92 Å². The van der Waals surface area contributed by atoms with Gasteiger partial charge in [-0.15, -0.1) is 6.58 Å². The maximum absolute atomic E-state index is 14.6. The van der Waals surface area contributed by atoms with Crippen LogP contribution in [0.15, 0.2) is 67.3 Å². The molecule has 24 heavy (non-hydrogen) atoms. The predicted molar refractivity (Wildman–Crippen MR) is 101 cm³/mol. The van der Waals surface area contributed by atoms with Gasteiger partial charge in [0.1, 0.15) is 5.82 Å². The fraction of sp³-hybridized carbons (Fsp3) is 0.304. The van der Waals surface area contributed by atoms with Crippen LogP contribution < -0.4 is 0 Å². The number of hydrogen-bond donors (Lipinski definition) is 0. The second kappa shape index (κ2) is 7.61. The van der Waals surface area contributed by atoms with Crippen molar-refractivity contribution in [1.29, 1.82) is 0 Å². The molecule has 0 bridgehead atoms. The van der Waals surface area contributed by atoms with Crippen LogP contribution in [0.5, 0.6) is 0 Å². The first-order chi connectivity index (χ1) is 11.7. The van der Waals surface area contributed by atoms with Gasteiger partial charge in [-0.2, -0.15) is 0 Å². The SMILES string of the molecule is C=CCCC1C=CC(c2ccc(-c3ccc(C)cc3)c(F)c2)CC1. The Morgan fingerprint density at radius 1 is 1.08 bits per heavy atom. The monoisotopic (exact) mass is 320 g/mol. The third-order valence-corrected chi connectivity index (χ3v) is 4.99. The van der Waals surface area contributed by atoms with Crippen LogP contribution >= 0.6 is 0 Å². The van der Waals surface area contributed by atoms with Gasteiger partial charge in [-0.25, -0.2) is 4.39 Å². The molecule has 124 valence electrons. The molecule has 0 amide bonds. The Balaban J connectivity index is 1.75. The van der Waals surface area contributed by atoms with Crippen molar-refractivity contribution in [2.75, 3.05) is 0 Å². The van der Waals surface area contributed by atoms with E-state index in [9.17, 15) is 4.39 Å². The van der Waals surface area contributed by atoms with Gasteiger partial charge in [0.15, 0.2) is 0 Å². The summed E-state index contributed by atoms with van der Waals surface area (Å²) in [4.78, 5) is 0. The van der Waals surface area contributed by atoms with E-state index < -0.39 is 0 Å². The van der Waals surface area contributed by atoms with Gasteiger partial charge in [0.05, 0.1) is 0 Å². The Labute approximate surface area is 144 Å². The van der Waals surface area contributed by atoms with Crippen LogP contribution in [0, 0.1) is 18.7 Å². The lowest BCUT2D eigenvalue weighted by atomic mass is 9.82. The lowest BCUT2D eigenvalue weighted by molar-refractivity contribution is 0.484. The Kier molecular flexibility index (Phi) is 5.30. The maximum Gasteiger partial charge on any atom is 0.131 e. The highest BCUT2D eigenvalue weighted by Crippen LogP contribution is 2.34. The smallest absolute Gasteiger partial charge is 0.131 e.